The van der Waals surface area contributed by atoms with Crippen molar-refractivity contribution in [1.29, 1.82) is 0 Å². The topological polar surface area (TPSA) is 52.5 Å². The first-order valence-electron chi connectivity index (χ1n) is 3.19. The highest BCUT2D eigenvalue weighted by atomic mass is 17.1. The van der Waals surface area contributed by atoms with Crippen LogP contribution in [0.25, 0.3) is 0 Å². The van der Waals surface area contributed by atoms with Crippen LogP contribution in [0.5, 0.6) is 0 Å². The summed E-state index contributed by atoms with van der Waals surface area (Å²) in [5, 5.41) is 18.7. The molecular formula is C8H8O3-2. The zero-order valence-electron chi connectivity index (χ0n) is 5.81. The van der Waals surface area contributed by atoms with Gasteiger partial charge in [-0.2, -0.15) is 6.61 Å². The lowest BCUT2D eigenvalue weighted by Gasteiger charge is -2.25. The lowest BCUT2D eigenvalue weighted by molar-refractivity contribution is -0.677. The molecule has 0 unspecified atom stereocenters. The fourth-order valence-corrected chi connectivity index (χ4v) is 0.781. The van der Waals surface area contributed by atoms with Gasteiger partial charge in [0.05, 0.1) is 0 Å². The minimum atomic E-state index is -0.936. The van der Waals surface area contributed by atoms with Crippen molar-refractivity contribution in [2.45, 2.75) is 6.10 Å². The minimum Gasteiger partial charge on any atom is -0.759 e. The Morgan fingerprint density at radius 2 is 2.00 bits per heavy atom. The van der Waals surface area contributed by atoms with Crippen molar-refractivity contribution in [3.05, 3.63) is 42.5 Å². The number of hydrogen-bond acceptors (Lipinski definition) is 3. The van der Waals surface area contributed by atoms with Crippen LogP contribution in [-0.2, 0) is 4.89 Å². The van der Waals surface area contributed by atoms with E-state index < -0.39 is 6.10 Å². The average molecular weight is 152 g/mol. The molecule has 0 spiro atoms. The van der Waals surface area contributed by atoms with Crippen molar-refractivity contribution in [1.82, 2.24) is 0 Å². The summed E-state index contributed by atoms with van der Waals surface area (Å²) in [6.07, 6.45) is -0.936. The van der Waals surface area contributed by atoms with E-state index in [-0.39, 0.29) is 0 Å². The van der Waals surface area contributed by atoms with Crippen LogP contribution in [0.4, 0.5) is 0 Å². The predicted octanol–water partition coefficient (Wildman–Crippen LogP) is 0.174. The molecule has 0 saturated heterocycles. The van der Waals surface area contributed by atoms with Gasteiger partial charge in [0, 0.05) is 0 Å². The fourth-order valence-electron chi connectivity index (χ4n) is 0.781. The summed E-state index contributed by atoms with van der Waals surface area (Å²) >= 11 is 0. The monoisotopic (exact) mass is 152 g/mol. The van der Waals surface area contributed by atoms with Gasteiger partial charge in [0.1, 0.15) is 0 Å². The highest BCUT2D eigenvalue weighted by Gasteiger charge is 1.94. The van der Waals surface area contributed by atoms with Crippen LogP contribution in [0.1, 0.15) is 11.7 Å². The van der Waals surface area contributed by atoms with Crippen LogP contribution in [0.3, 0.4) is 0 Å². The Morgan fingerprint density at radius 1 is 1.36 bits per heavy atom. The first-order valence-corrected chi connectivity index (χ1v) is 3.19. The Bertz CT molecular complexity index is 198. The van der Waals surface area contributed by atoms with Crippen molar-refractivity contribution in [2.24, 2.45) is 0 Å². The van der Waals surface area contributed by atoms with Gasteiger partial charge in [0.15, 0.2) is 0 Å². The van der Waals surface area contributed by atoms with Gasteiger partial charge in [-0.15, -0.1) is 0 Å². The van der Waals surface area contributed by atoms with E-state index in [4.69, 9.17) is 5.11 Å². The standard InChI is InChI=1S/C8H9O3/c9-8(6-11-10)7-4-2-1-3-5-7/h1-6,8-10H/q-1/p-1/t8-/m1/s1. The maximum Gasteiger partial charge on any atom is -0.0213 e. The van der Waals surface area contributed by atoms with Gasteiger partial charge in [-0.25, -0.2) is 0 Å². The molecule has 0 saturated carbocycles. The van der Waals surface area contributed by atoms with E-state index in [0.29, 0.717) is 5.56 Å². The summed E-state index contributed by atoms with van der Waals surface area (Å²) in [4.78, 5) is 3.43. The molecule has 0 radical (unpaired) electrons. The second-order valence-electron chi connectivity index (χ2n) is 2.09. The normalized spacial score (nSPS) is 12.9. The molecule has 1 aromatic rings. The van der Waals surface area contributed by atoms with E-state index in [0.717, 1.165) is 6.61 Å². The van der Waals surface area contributed by atoms with Gasteiger partial charge in [-0.3, -0.25) is 0 Å². The summed E-state index contributed by atoms with van der Waals surface area (Å²) in [6, 6.07) is 8.79. The maximum atomic E-state index is 9.60. The zero-order valence-corrected chi connectivity index (χ0v) is 5.81. The van der Waals surface area contributed by atoms with Crippen molar-refractivity contribution in [3.8, 4) is 0 Å². The van der Waals surface area contributed by atoms with Gasteiger partial charge in [-0.1, -0.05) is 30.3 Å². The number of aliphatic hydroxyl groups is 1. The third-order valence-corrected chi connectivity index (χ3v) is 1.33. The quantitative estimate of drug-likeness (QED) is 0.381. The molecule has 0 aliphatic heterocycles. The SMILES string of the molecule is [O-]O[CH-][C@@H](O)c1ccccc1. The molecule has 0 fully saturated rings. The molecule has 0 aliphatic rings. The molecule has 1 rings (SSSR count). The largest absolute Gasteiger partial charge is 0.759 e. The summed E-state index contributed by atoms with van der Waals surface area (Å²) in [5.74, 6) is 0. The van der Waals surface area contributed by atoms with E-state index >= 15 is 0 Å². The first-order chi connectivity index (χ1) is 5.34. The van der Waals surface area contributed by atoms with Crippen molar-refractivity contribution in [3.63, 3.8) is 0 Å². The Kier molecular flexibility index (Phi) is 3.04. The van der Waals surface area contributed by atoms with Crippen LogP contribution in [-0.4, -0.2) is 5.11 Å². The zero-order chi connectivity index (χ0) is 8.10. The third kappa shape index (κ3) is 2.31. The van der Waals surface area contributed by atoms with Gasteiger partial charge in [0.2, 0.25) is 0 Å². The van der Waals surface area contributed by atoms with Crippen molar-refractivity contribution < 1.29 is 15.3 Å². The van der Waals surface area contributed by atoms with E-state index in [1.54, 1.807) is 24.3 Å². The lowest BCUT2D eigenvalue weighted by atomic mass is 10.1. The summed E-state index contributed by atoms with van der Waals surface area (Å²) < 4.78 is 0. The van der Waals surface area contributed by atoms with Gasteiger partial charge in [-0.05, 0) is 11.7 Å². The minimum absolute atomic E-state index is 0.642. The number of hydrogen-bond donors (Lipinski definition) is 1. The smallest absolute Gasteiger partial charge is 0.0213 e. The van der Waals surface area contributed by atoms with Crippen molar-refractivity contribution >= 4 is 0 Å². The molecule has 3 heteroatoms. The first kappa shape index (κ1) is 8.20. The average Bonchev–Trinajstić information content (AvgIpc) is 2.07. The number of aliphatic hydroxyl groups excluding tert-OH is 1. The van der Waals surface area contributed by atoms with Crippen LogP contribution in [0, 0.1) is 6.61 Å². The van der Waals surface area contributed by atoms with E-state index in [1.807, 2.05) is 6.07 Å². The molecule has 11 heavy (non-hydrogen) atoms. The molecule has 1 atom stereocenters. The molecule has 3 nitrogen and oxygen atoms in total. The van der Waals surface area contributed by atoms with Gasteiger partial charge in [0.25, 0.3) is 0 Å². The molecule has 1 N–H and O–H groups in total. The predicted molar refractivity (Wildman–Crippen MR) is 36.8 cm³/mol. The Balaban J connectivity index is 2.61. The van der Waals surface area contributed by atoms with E-state index in [2.05, 4.69) is 4.89 Å². The Labute approximate surface area is 64.8 Å². The molecule has 0 aliphatic carbocycles. The molecular weight excluding hydrogens is 144 g/mol. The highest BCUT2D eigenvalue weighted by molar-refractivity contribution is 5.18. The second-order valence-corrected chi connectivity index (χ2v) is 2.09. The molecule has 0 bridgehead atoms. The van der Waals surface area contributed by atoms with Crippen LogP contribution in [0.2, 0.25) is 0 Å². The van der Waals surface area contributed by atoms with E-state index in [1.165, 1.54) is 0 Å². The highest BCUT2D eigenvalue weighted by Crippen LogP contribution is 2.13. The number of rotatable bonds is 3. The molecule has 1 aromatic carbocycles. The molecule has 0 heterocycles. The maximum absolute atomic E-state index is 9.60. The lowest BCUT2D eigenvalue weighted by Crippen LogP contribution is -2.08. The van der Waals surface area contributed by atoms with Gasteiger partial charge < -0.3 is 15.3 Å². The summed E-state index contributed by atoms with van der Waals surface area (Å²) in [6.45, 7) is 0.829. The second kappa shape index (κ2) is 4.08. The molecule has 0 amide bonds. The summed E-state index contributed by atoms with van der Waals surface area (Å²) in [5.41, 5.74) is 0.642. The van der Waals surface area contributed by atoms with Crippen LogP contribution in [0.15, 0.2) is 30.3 Å². The van der Waals surface area contributed by atoms with E-state index in [9.17, 15) is 5.26 Å². The Hall–Kier alpha value is -0.900. The summed E-state index contributed by atoms with van der Waals surface area (Å²) in [7, 11) is 0. The third-order valence-electron chi connectivity index (χ3n) is 1.33. The molecule has 60 valence electrons. The number of benzene rings is 1. The molecule has 0 aromatic heterocycles. The van der Waals surface area contributed by atoms with Crippen LogP contribution < -0.4 is 5.26 Å². The Morgan fingerprint density at radius 3 is 2.55 bits per heavy atom. The van der Waals surface area contributed by atoms with Crippen LogP contribution >= 0.6 is 0 Å². The van der Waals surface area contributed by atoms with Gasteiger partial charge >= 0.3 is 0 Å². The van der Waals surface area contributed by atoms with Crippen molar-refractivity contribution in [2.75, 3.05) is 0 Å². The fraction of sp³-hybridized carbons (Fsp3) is 0.125.